The van der Waals surface area contributed by atoms with Crippen molar-refractivity contribution in [3.63, 3.8) is 0 Å². The molecule has 0 amide bonds. The number of rotatable bonds is 15. The lowest BCUT2D eigenvalue weighted by Gasteiger charge is -2.14. The van der Waals surface area contributed by atoms with Crippen molar-refractivity contribution in [3.8, 4) is 22.6 Å². The monoisotopic (exact) mass is 518 g/mol. The first-order valence-electron chi connectivity index (χ1n) is 11.8. The Morgan fingerprint density at radius 1 is 0.917 bits per heavy atom. The van der Waals surface area contributed by atoms with Gasteiger partial charge in [0, 0.05) is 29.2 Å². The minimum atomic E-state index is -2.89. The summed E-state index contributed by atoms with van der Waals surface area (Å²) in [6.45, 7) is 0.490. The van der Waals surface area contributed by atoms with Crippen LogP contribution in [-0.2, 0) is 19.4 Å². The van der Waals surface area contributed by atoms with Crippen molar-refractivity contribution < 1.29 is 37.3 Å². The third-order valence-electron chi connectivity index (χ3n) is 5.53. The molecule has 0 aliphatic heterocycles. The van der Waals surface area contributed by atoms with Gasteiger partial charge in [0.05, 0.1) is 26.4 Å². The normalized spacial score (nSPS) is 11.4. The third-order valence-corrected chi connectivity index (χ3v) is 6.56. The van der Waals surface area contributed by atoms with Gasteiger partial charge in [0.25, 0.3) is 0 Å². The van der Waals surface area contributed by atoms with Gasteiger partial charge in [-0.15, -0.1) is 0 Å². The number of carboxylic acids is 1. The van der Waals surface area contributed by atoms with Gasteiger partial charge in [0.1, 0.15) is 21.3 Å². The van der Waals surface area contributed by atoms with Crippen LogP contribution in [0.3, 0.4) is 0 Å². The Labute approximate surface area is 212 Å². The van der Waals surface area contributed by atoms with Crippen LogP contribution in [0.2, 0.25) is 0 Å². The summed E-state index contributed by atoms with van der Waals surface area (Å²) in [7, 11) is -0.0964. The summed E-state index contributed by atoms with van der Waals surface area (Å²) < 4.78 is 38.3. The molecule has 1 N–H and O–H groups in total. The van der Waals surface area contributed by atoms with E-state index < -0.39 is 21.8 Å². The Bertz CT molecular complexity index is 1170. The van der Waals surface area contributed by atoms with Gasteiger partial charge in [0.15, 0.2) is 0 Å². The van der Waals surface area contributed by atoms with E-state index in [1.54, 1.807) is 36.4 Å². The highest BCUT2D eigenvalue weighted by atomic mass is 32.2. The van der Waals surface area contributed by atoms with Crippen molar-refractivity contribution in [2.24, 2.45) is 0 Å². The maximum Gasteiger partial charge on any atom is 0.336 e. The van der Waals surface area contributed by atoms with Crippen LogP contribution in [0, 0.1) is 0 Å². The summed E-state index contributed by atoms with van der Waals surface area (Å²) in [5, 5.41) is 9.71. The number of methoxy groups -OCH3 is 2. The molecule has 0 fully saturated rings. The summed E-state index contributed by atoms with van der Waals surface area (Å²) in [6.07, 6.45) is 9.52. The molecule has 2 rings (SSSR count). The molecule has 0 heterocycles. The number of hydrogen-bond acceptors (Lipinski definition) is 7. The van der Waals surface area contributed by atoms with Crippen molar-refractivity contribution in [1.82, 2.24) is 0 Å². The van der Waals surface area contributed by atoms with Gasteiger partial charge in [-0.25, -0.2) is 18.0 Å². The zero-order valence-corrected chi connectivity index (χ0v) is 21.8. The standard InChI is InChI=1S/C27H34O8S/c1-33-25-18-20(11-15-26(28)34-2)10-13-22(25)24-19-21(12-14-23(24)27(29)30)35-16-8-6-4-5-7-9-17-36(3,31)32/h10-15,18-19H,4-9,16-17H2,1-3H3,(H,29,30)/b15-11+. The number of carbonyl (C=O) groups is 2. The fourth-order valence-electron chi connectivity index (χ4n) is 3.65. The third kappa shape index (κ3) is 9.73. The molecule has 0 atom stereocenters. The van der Waals surface area contributed by atoms with Crippen LogP contribution in [0.4, 0.5) is 0 Å². The summed E-state index contributed by atoms with van der Waals surface area (Å²) in [6, 6.07) is 10.1. The Hall–Kier alpha value is -3.33. The number of sulfone groups is 1. The first kappa shape index (κ1) is 28.9. The van der Waals surface area contributed by atoms with Gasteiger partial charge in [-0.05, 0) is 48.7 Å². The second kappa shape index (κ2) is 14.3. The van der Waals surface area contributed by atoms with E-state index in [9.17, 15) is 23.1 Å². The van der Waals surface area contributed by atoms with E-state index in [4.69, 9.17) is 9.47 Å². The minimum Gasteiger partial charge on any atom is -0.496 e. The van der Waals surface area contributed by atoms with Crippen molar-refractivity contribution >= 4 is 27.9 Å². The Morgan fingerprint density at radius 3 is 2.25 bits per heavy atom. The van der Waals surface area contributed by atoms with E-state index >= 15 is 0 Å². The zero-order chi connectivity index (χ0) is 26.6. The summed E-state index contributed by atoms with van der Waals surface area (Å²) >= 11 is 0. The van der Waals surface area contributed by atoms with E-state index in [0.29, 0.717) is 41.2 Å². The topological polar surface area (TPSA) is 116 Å². The van der Waals surface area contributed by atoms with Crippen LogP contribution in [0.5, 0.6) is 11.5 Å². The van der Waals surface area contributed by atoms with Crippen LogP contribution < -0.4 is 9.47 Å². The minimum absolute atomic E-state index is 0.118. The van der Waals surface area contributed by atoms with Crippen LogP contribution in [0.1, 0.15) is 54.4 Å². The van der Waals surface area contributed by atoms with Gasteiger partial charge in [-0.3, -0.25) is 0 Å². The average molecular weight is 519 g/mol. The summed E-state index contributed by atoms with van der Waals surface area (Å²) in [4.78, 5) is 23.2. The van der Waals surface area contributed by atoms with Gasteiger partial charge >= 0.3 is 11.9 Å². The molecule has 0 unspecified atom stereocenters. The molecule has 0 spiro atoms. The van der Waals surface area contributed by atoms with E-state index in [0.717, 1.165) is 32.1 Å². The molecule has 0 saturated carbocycles. The van der Waals surface area contributed by atoms with Crippen LogP contribution in [0.25, 0.3) is 17.2 Å². The lowest BCUT2D eigenvalue weighted by molar-refractivity contribution is -0.134. The molecule has 8 nitrogen and oxygen atoms in total. The number of benzene rings is 2. The molecule has 0 radical (unpaired) electrons. The number of ether oxygens (including phenoxy) is 3. The van der Waals surface area contributed by atoms with E-state index in [1.165, 1.54) is 32.6 Å². The van der Waals surface area contributed by atoms with E-state index in [-0.39, 0.29) is 11.3 Å². The fraction of sp³-hybridized carbons (Fsp3) is 0.407. The summed E-state index contributed by atoms with van der Waals surface area (Å²) in [5.41, 5.74) is 1.87. The van der Waals surface area contributed by atoms with Gasteiger partial charge < -0.3 is 19.3 Å². The highest BCUT2D eigenvalue weighted by Gasteiger charge is 2.17. The molecular weight excluding hydrogens is 484 g/mol. The Balaban J connectivity index is 2.04. The average Bonchev–Trinajstić information content (AvgIpc) is 2.85. The van der Waals surface area contributed by atoms with Crippen molar-refractivity contribution in [3.05, 3.63) is 53.6 Å². The second-order valence-corrected chi connectivity index (χ2v) is 10.7. The van der Waals surface area contributed by atoms with Crippen LogP contribution >= 0.6 is 0 Å². The largest absolute Gasteiger partial charge is 0.496 e. The number of unbranched alkanes of at least 4 members (excludes halogenated alkanes) is 5. The Morgan fingerprint density at radius 2 is 1.61 bits per heavy atom. The van der Waals surface area contributed by atoms with Gasteiger partial charge in [0.2, 0.25) is 0 Å². The lowest BCUT2D eigenvalue weighted by Crippen LogP contribution is -2.03. The molecule has 2 aromatic carbocycles. The molecule has 2 aromatic rings. The maximum atomic E-state index is 11.9. The molecular formula is C27H34O8S. The van der Waals surface area contributed by atoms with E-state index in [2.05, 4.69) is 4.74 Å². The van der Waals surface area contributed by atoms with Gasteiger partial charge in [-0.1, -0.05) is 37.8 Å². The van der Waals surface area contributed by atoms with Crippen molar-refractivity contribution in [2.45, 2.75) is 38.5 Å². The van der Waals surface area contributed by atoms with E-state index in [1.807, 2.05) is 0 Å². The molecule has 0 aliphatic rings. The van der Waals surface area contributed by atoms with Gasteiger partial charge in [-0.2, -0.15) is 0 Å². The molecule has 36 heavy (non-hydrogen) atoms. The van der Waals surface area contributed by atoms with Crippen LogP contribution in [0.15, 0.2) is 42.5 Å². The van der Waals surface area contributed by atoms with Crippen LogP contribution in [-0.4, -0.2) is 58.3 Å². The second-order valence-electron chi connectivity index (χ2n) is 8.43. The molecule has 0 aromatic heterocycles. The quantitative estimate of drug-likeness (QED) is 0.199. The zero-order valence-electron chi connectivity index (χ0n) is 21.0. The first-order valence-corrected chi connectivity index (χ1v) is 13.8. The lowest BCUT2D eigenvalue weighted by atomic mass is 9.97. The predicted molar refractivity (Wildman–Crippen MR) is 139 cm³/mol. The number of esters is 1. The number of aromatic carboxylic acids is 1. The fourth-order valence-corrected chi connectivity index (χ4v) is 4.38. The molecule has 0 aliphatic carbocycles. The highest BCUT2D eigenvalue weighted by Crippen LogP contribution is 2.36. The number of hydrogen-bond donors (Lipinski definition) is 1. The molecule has 196 valence electrons. The number of carbonyl (C=O) groups excluding carboxylic acids is 1. The maximum absolute atomic E-state index is 11.9. The van der Waals surface area contributed by atoms with Crippen molar-refractivity contribution in [1.29, 1.82) is 0 Å². The SMILES string of the molecule is COC(=O)/C=C/c1ccc(-c2cc(OCCCCCCCCS(C)(=O)=O)ccc2C(=O)O)c(OC)c1. The highest BCUT2D eigenvalue weighted by molar-refractivity contribution is 7.90. The predicted octanol–water partition coefficient (Wildman–Crippen LogP) is 5.01. The number of carboxylic acid groups (broad SMARTS) is 1. The molecule has 9 heteroatoms. The Kier molecular flexibility index (Phi) is 11.5. The summed E-state index contributed by atoms with van der Waals surface area (Å²) in [5.74, 6) is -0.299. The molecule has 0 saturated heterocycles. The van der Waals surface area contributed by atoms with Crippen molar-refractivity contribution in [2.75, 3.05) is 32.8 Å². The first-order chi connectivity index (χ1) is 17.1. The smallest absolute Gasteiger partial charge is 0.336 e. The molecule has 0 bridgehead atoms.